The van der Waals surface area contributed by atoms with Crippen molar-refractivity contribution >= 4 is 17.6 Å². The highest BCUT2D eigenvalue weighted by molar-refractivity contribution is 6.30. The summed E-state index contributed by atoms with van der Waals surface area (Å²) < 4.78 is 15.2. The van der Waals surface area contributed by atoms with Crippen molar-refractivity contribution < 1.29 is 14.3 Å². The number of halogens is 2. The van der Waals surface area contributed by atoms with Gasteiger partial charge >= 0.3 is 5.97 Å². The number of carboxylic acids is 1. The first-order valence-corrected chi connectivity index (χ1v) is 8.69. The maximum atomic E-state index is 13.6. The minimum absolute atomic E-state index is 0.242. The molecule has 0 spiro atoms. The number of nitrogens with zero attached hydrogens (tertiary/aromatic N) is 3. The van der Waals surface area contributed by atoms with E-state index in [1.807, 2.05) is 6.92 Å². The molecule has 1 aromatic carbocycles. The number of aromatic nitrogens is 2. The summed E-state index contributed by atoms with van der Waals surface area (Å²) in [4.78, 5) is 13.8. The van der Waals surface area contributed by atoms with E-state index in [4.69, 9.17) is 11.6 Å². The third-order valence-corrected chi connectivity index (χ3v) is 5.33. The van der Waals surface area contributed by atoms with Gasteiger partial charge in [-0.2, -0.15) is 5.10 Å². The van der Waals surface area contributed by atoms with Gasteiger partial charge in [0.1, 0.15) is 11.0 Å². The Balaban J connectivity index is 1.85. The minimum Gasteiger partial charge on any atom is -0.481 e. The van der Waals surface area contributed by atoms with Crippen LogP contribution in [0.4, 0.5) is 4.39 Å². The number of hydrogen-bond donors (Lipinski definition) is 1. The van der Waals surface area contributed by atoms with Crippen LogP contribution in [0.15, 0.2) is 24.3 Å². The monoisotopic (exact) mass is 365 g/mol. The summed E-state index contributed by atoms with van der Waals surface area (Å²) in [6.45, 7) is 3.52. The summed E-state index contributed by atoms with van der Waals surface area (Å²) in [5.74, 6) is -2.01. The summed E-state index contributed by atoms with van der Waals surface area (Å²) >= 11 is 6.35. The molecule has 1 aliphatic heterocycles. The van der Waals surface area contributed by atoms with E-state index < -0.39 is 11.9 Å². The molecule has 3 rings (SSSR count). The van der Waals surface area contributed by atoms with E-state index in [1.165, 1.54) is 12.1 Å². The molecule has 7 heteroatoms. The van der Waals surface area contributed by atoms with Gasteiger partial charge in [-0.05, 0) is 24.1 Å². The van der Waals surface area contributed by atoms with Gasteiger partial charge in [-0.15, -0.1) is 0 Å². The van der Waals surface area contributed by atoms with Gasteiger partial charge in [-0.3, -0.25) is 14.4 Å². The van der Waals surface area contributed by atoms with Gasteiger partial charge in [0.25, 0.3) is 0 Å². The third-order valence-electron chi connectivity index (χ3n) is 4.86. The maximum absolute atomic E-state index is 13.6. The number of aryl methyl sites for hydroxylation is 2. The highest BCUT2D eigenvalue weighted by Gasteiger charge is 2.39. The Kier molecular flexibility index (Phi) is 5.11. The van der Waals surface area contributed by atoms with Gasteiger partial charge in [-0.1, -0.05) is 30.7 Å². The number of carboxylic acid groups (broad SMARTS) is 1. The summed E-state index contributed by atoms with van der Waals surface area (Å²) in [7, 11) is 1.80. The molecule has 1 aliphatic rings. The normalized spacial score (nSPS) is 21.0. The average molecular weight is 366 g/mol. The van der Waals surface area contributed by atoms with E-state index in [9.17, 15) is 14.3 Å². The molecule has 2 aromatic rings. The standard InChI is InChI=1S/C18H21ClFN3O2/c1-3-16-15(17(19)22(2)21-16)10-23-8-13(14(9-23)18(24)25)11-5-4-6-12(20)7-11/h4-7,13-14H,3,8-10H2,1-2H3,(H,24,25)/t13-,14+/m0/s1. The van der Waals surface area contributed by atoms with Crippen LogP contribution in [0.25, 0.3) is 0 Å². The van der Waals surface area contributed by atoms with Crippen LogP contribution in [0.1, 0.15) is 29.7 Å². The Labute approximate surface area is 151 Å². The molecule has 25 heavy (non-hydrogen) atoms. The SMILES string of the molecule is CCc1nn(C)c(Cl)c1CN1C[C@@H](C(=O)O)[C@H](c2cccc(F)c2)C1. The molecule has 0 amide bonds. The first-order chi connectivity index (χ1) is 11.9. The lowest BCUT2D eigenvalue weighted by Gasteiger charge is -2.16. The van der Waals surface area contributed by atoms with Crippen LogP contribution >= 0.6 is 11.6 Å². The van der Waals surface area contributed by atoms with Gasteiger partial charge in [0.2, 0.25) is 0 Å². The number of aliphatic carboxylic acids is 1. The second-order valence-electron chi connectivity index (χ2n) is 6.49. The Morgan fingerprint density at radius 3 is 2.84 bits per heavy atom. The van der Waals surface area contributed by atoms with Gasteiger partial charge in [0.05, 0.1) is 11.6 Å². The Morgan fingerprint density at radius 2 is 2.20 bits per heavy atom. The summed E-state index contributed by atoms with van der Waals surface area (Å²) in [5, 5.41) is 14.6. The Bertz CT molecular complexity index is 793. The predicted octanol–water partition coefficient (Wildman–Crippen LogP) is 3.08. The van der Waals surface area contributed by atoms with Gasteiger partial charge in [0, 0.05) is 38.2 Å². The Morgan fingerprint density at radius 1 is 1.44 bits per heavy atom. The molecule has 0 aliphatic carbocycles. The molecule has 0 saturated carbocycles. The lowest BCUT2D eigenvalue weighted by atomic mass is 9.89. The zero-order valence-electron chi connectivity index (χ0n) is 14.2. The third kappa shape index (κ3) is 3.55. The second-order valence-corrected chi connectivity index (χ2v) is 6.85. The van der Waals surface area contributed by atoms with Crippen LogP contribution in [0.3, 0.4) is 0 Å². The highest BCUT2D eigenvalue weighted by Crippen LogP contribution is 2.35. The lowest BCUT2D eigenvalue weighted by molar-refractivity contribution is -0.141. The molecule has 1 fully saturated rings. The zero-order valence-corrected chi connectivity index (χ0v) is 15.0. The fourth-order valence-corrected chi connectivity index (χ4v) is 3.81. The Hall–Kier alpha value is -1.92. The molecule has 2 atom stereocenters. The van der Waals surface area contributed by atoms with Crippen molar-refractivity contribution in [3.05, 3.63) is 52.1 Å². The van der Waals surface area contributed by atoms with Gasteiger partial charge < -0.3 is 5.11 Å². The number of likely N-dealkylation sites (tertiary alicyclic amines) is 1. The molecule has 2 heterocycles. The quantitative estimate of drug-likeness (QED) is 0.884. The van der Waals surface area contributed by atoms with Crippen molar-refractivity contribution in [3.8, 4) is 0 Å². The molecule has 5 nitrogen and oxygen atoms in total. The number of hydrogen-bond acceptors (Lipinski definition) is 3. The van der Waals surface area contributed by atoms with E-state index in [1.54, 1.807) is 23.9 Å². The van der Waals surface area contributed by atoms with E-state index in [2.05, 4.69) is 10.00 Å². The smallest absolute Gasteiger partial charge is 0.308 e. The largest absolute Gasteiger partial charge is 0.481 e. The second kappa shape index (κ2) is 7.14. The van der Waals surface area contributed by atoms with Crippen LogP contribution < -0.4 is 0 Å². The molecule has 0 unspecified atom stereocenters. The van der Waals surface area contributed by atoms with Crippen LogP contribution in [0.2, 0.25) is 5.15 Å². The van der Waals surface area contributed by atoms with Crippen molar-refractivity contribution in [2.75, 3.05) is 13.1 Å². The van der Waals surface area contributed by atoms with Crippen molar-refractivity contribution in [1.29, 1.82) is 0 Å². The minimum atomic E-state index is -0.857. The molecule has 134 valence electrons. The van der Waals surface area contributed by atoms with Crippen molar-refractivity contribution in [2.45, 2.75) is 25.8 Å². The molecule has 1 N–H and O–H groups in total. The van der Waals surface area contributed by atoms with E-state index in [-0.39, 0.29) is 11.7 Å². The highest BCUT2D eigenvalue weighted by atomic mass is 35.5. The first kappa shape index (κ1) is 17.9. The average Bonchev–Trinajstić information content (AvgIpc) is 3.12. The van der Waals surface area contributed by atoms with Crippen molar-refractivity contribution in [3.63, 3.8) is 0 Å². The number of rotatable bonds is 5. The van der Waals surface area contributed by atoms with Gasteiger partial charge in [0.15, 0.2) is 0 Å². The van der Waals surface area contributed by atoms with Crippen LogP contribution in [-0.2, 0) is 24.8 Å². The summed E-state index contributed by atoms with van der Waals surface area (Å²) in [6.07, 6.45) is 0.763. The predicted molar refractivity (Wildman–Crippen MR) is 93.1 cm³/mol. The zero-order chi connectivity index (χ0) is 18.1. The van der Waals surface area contributed by atoms with Gasteiger partial charge in [-0.25, -0.2) is 4.39 Å². The molecule has 1 aromatic heterocycles. The fraction of sp³-hybridized carbons (Fsp3) is 0.444. The fourth-order valence-electron chi connectivity index (χ4n) is 3.60. The topological polar surface area (TPSA) is 58.4 Å². The molecular formula is C18H21ClFN3O2. The maximum Gasteiger partial charge on any atom is 0.308 e. The first-order valence-electron chi connectivity index (χ1n) is 8.31. The van der Waals surface area contributed by atoms with Crippen LogP contribution in [0.5, 0.6) is 0 Å². The van der Waals surface area contributed by atoms with Crippen LogP contribution in [-0.4, -0.2) is 38.8 Å². The van der Waals surface area contributed by atoms with Crippen LogP contribution in [0, 0.1) is 11.7 Å². The lowest BCUT2D eigenvalue weighted by Crippen LogP contribution is -2.23. The molecule has 0 radical (unpaired) electrons. The van der Waals surface area contributed by atoms with Crippen molar-refractivity contribution in [2.24, 2.45) is 13.0 Å². The number of benzene rings is 1. The molecule has 1 saturated heterocycles. The molecule has 0 bridgehead atoms. The number of carbonyl (C=O) groups is 1. The summed E-state index contributed by atoms with van der Waals surface area (Å²) in [6, 6.07) is 6.22. The van der Waals surface area contributed by atoms with E-state index >= 15 is 0 Å². The van der Waals surface area contributed by atoms with Crippen molar-refractivity contribution in [1.82, 2.24) is 14.7 Å². The van der Waals surface area contributed by atoms with E-state index in [0.717, 1.165) is 23.2 Å². The summed E-state index contributed by atoms with van der Waals surface area (Å²) in [5.41, 5.74) is 2.59. The van der Waals surface area contributed by atoms with E-state index in [0.29, 0.717) is 24.8 Å². The molecular weight excluding hydrogens is 345 g/mol.